The summed E-state index contributed by atoms with van der Waals surface area (Å²) in [5, 5.41) is 4.58. The van der Waals surface area contributed by atoms with Crippen LogP contribution in [0, 0.1) is 0 Å². The van der Waals surface area contributed by atoms with Gasteiger partial charge in [0.25, 0.3) is 5.56 Å². The number of benzene rings is 1. The molecule has 1 fully saturated rings. The number of nitrogens with one attached hydrogen (secondary N) is 1. The highest BCUT2D eigenvalue weighted by Gasteiger charge is 2.29. The van der Waals surface area contributed by atoms with Crippen LogP contribution in [0.2, 0.25) is 0 Å². The Morgan fingerprint density at radius 2 is 1.86 bits per heavy atom. The van der Waals surface area contributed by atoms with Crippen LogP contribution in [0.1, 0.15) is 19.8 Å². The zero-order valence-electron chi connectivity index (χ0n) is 13.0. The third-order valence-corrected chi connectivity index (χ3v) is 4.94. The molecule has 1 aliphatic rings. The molecule has 1 aliphatic heterocycles. The summed E-state index contributed by atoms with van der Waals surface area (Å²) in [6, 6.07) is 9.93. The van der Waals surface area contributed by atoms with E-state index < -0.39 is 0 Å². The van der Waals surface area contributed by atoms with E-state index in [1.165, 1.54) is 0 Å². The number of rotatable bonds is 2. The lowest BCUT2D eigenvalue weighted by Crippen LogP contribution is -2.50. The number of fused-ring (bicyclic) bond motifs is 1. The molecule has 2 heterocycles. The molecule has 4 heteroatoms. The predicted octanol–water partition coefficient (Wildman–Crippen LogP) is 2.12. The number of hydrogen-bond donors (Lipinski definition) is 1. The standard InChI is InChI=1S/C17H23N3O/c1-17(18-2)8-10-20(11-9-17)15-12-16(21)19(3)14-7-5-4-6-13(14)15/h4-7,12,18H,8-11H2,1-3H3. The number of aromatic nitrogens is 1. The zero-order chi connectivity index (χ0) is 15.0. The van der Waals surface area contributed by atoms with Crippen LogP contribution >= 0.6 is 0 Å². The van der Waals surface area contributed by atoms with E-state index in [9.17, 15) is 4.79 Å². The third kappa shape index (κ3) is 2.44. The number of pyridine rings is 1. The van der Waals surface area contributed by atoms with E-state index in [1.807, 2.05) is 32.3 Å². The van der Waals surface area contributed by atoms with Crippen LogP contribution in [0.5, 0.6) is 0 Å². The second-order valence-electron chi connectivity index (χ2n) is 6.24. The number of piperidine rings is 1. The molecule has 112 valence electrons. The van der Waals surface area contributed by atoms with E-state index in [2.05, 4.69) is 23.2 Å². The summed E-state index contributed by atoms with van der Waals surface area (Å²) >= 11 is 0. The molecule has 1 aromatic heterocycles. The van der Waals surface area contributed by atoms with Gasteiger partial charge in [0.1, 0.15) is 0 Å². The molecular weight excluding hydrogens is 262 g/mol. The summed E-state index contributed by atoms with van der Waals surface area (Å²) in [6.07, 6.45) is 2.18. The van der Waals surface area contributed by atoms with E-state index in [4.69, 9.17) is 0 Å². The minimum absolute atomic E-state index is 0.0608. The molecule has 0 bridgehead atoms. The van der Waals surface area contributed by atoms with Crippen LogP contribution in [0.25, 0.3) is 10.9 Å². The molecule has 0 saturated carbocycles. The average molecular weight is 285 g/mol. The van der Waals surface area contributed by atoms with Gasteiger partial charge in [-0.1, -0.05) is 18.2 Å². The van der Waals surface area contributed by atoms with Crippen LogP contribution < -0.4 is 15.8 Å². The summed E-state index contributed by atoms with van der Waals surface area (Å²) < 4.78 is 1.72. The van der Waals surface area contributed by atoms with E-state index >= 15 is 0 Å². The smallest absolute Gasteiger partial charge is 0.252 e. The van der Waals surface area contributed by atoms with E-state index in [0.717, 1.165) is 42.5 Å². The number of aryl methyl sites for hydroxylation is 1. The van der Waals surface area contributed by atoms with E-state index in [-0.39, 0.29) is 11.1 Å². The van der Waals surface area contributed by atoms with Crippen molar-refractivity contribution in [2.75, 3.05) is 25.0 Å². The molecule has 1 saturated heterocycles. The molecular formula is C17H23N3O. The fourth-order valence-corrected chi connectivity index (χ4v) is 3.15. The van der Waals surface area contributed by atoms with Crippen molar-refractivity contribution in [3.05, 3.63) is 40.7 Å². The maximum atomic E-state index is 12.2. The summed E-state index contributed by atoms with van der Waals surface area (Å²) in [6.45, 7) is 4.23. The van der Waals surface area contributed by atoms with Gasteiger partial charge in [0.2, 0.25) is 0 Å². The first-order chi connectivity index (χ1) is 10.0. The van der Waals surface area contributed by atoms with Crippen molar-refractivity contribution in [1.82, 2.24) is 9.88 Å². The Kier molecular flexibility index (Phi) is 3.49. The minimum Gasteiger partial charge on any atom is -0.371 e. The van der Waals surface area contributed by atoms with Gasteiger partial charge in [0.15, 0.2) is 0 Å². The second-order valence-corrected chi connectivity index (χ2v) is 6.24. The van der Waals surface area contributed by atoms with E-state index in [0.29, 0.717) is 0 Å². The molecule has 0 atom stereocenters. The SMILES string of the molecule is CNC1(C)CCN(c2cc(=O)n(C)c3ccccc23)CC1. The predicted molar refractivity (Wildman–Crippen MR) is 88.1 cm³/mol. The van der Waals surface area contributed by atoms with Crippen LogP contribution in [0.4, 0.5) is 5.69 Å². The zero-order valence-corrected chi connectivity index (χ0v) is 13.0. The van der Waals surface area contributed by atoms with Gasteiger partial charge >= 0.3 is 0 Å². The highest BCUT2D eigenvalue weighted by atomic mass is 16.1. The van der Waals surface area contributed by atoms with Gasteiger partial charge in [-0.3, -0.25) is 4.79 Å². The molecule has 0 spiro atoms. The molecule has 1 N–H and O–H groups in total. The van der Waals surface area contributed by atoms with Crippen molar-refractivity contribution in [3.63, 3.8) is 0 Å². The Balaban J connectivity index is 2.02. The summed E-state index contributed by atoms with van der Waals surface area (Å²) in [7, 11) is 3.87. The maximum absolute atomic E-state index is 12.2. The van der Waals surface area contributed by atoms with E-state index in [1.54, 1.807) is 10.6 Å². The average Bonchev–Trinajstić information content (AvgIpc) is 2.52. The second kappa shape index (κ2) is 5.19. The molecule has 0 amide bonds. The highest BCUT2D eigenvalue weighted by Crippen LogP contribution is 2.30. The Bertz CT molecular complexity index is 712. The maximum Gasteiger partial charge on any atom is 0.252 e. The van der Waals surface area contributed by atoms with Gasteiger partial charge in [-0.25, -0.2) is 0 Å². The first-order valence-electron chi connectivity index (χ1n) is 7.57. The largest absolute Gasteiger partial charge is 0.371 e. The quantitative estimate of drug-likeness (QED) is 0.918. The van der Waals surface area contributed by atoms with Crippen LogP contribution in [-0.4, -0.2) is 30.2 Å². The summed E-state index contributed by atoms with van der Waals surface area (Å²) in [5.41, 5.74) is 2.35. The minimum atomic E-state index is 0.0608. The Morgan fingerprint density at radius 1 is 1.19 bits per heavy atom. The first kappa shape index (κ1) is 14.1. The van der Waals surface area contributed by atoms with Crippen molar-refractivity contribution in [1.29, 1.82) is 0 Å². The Morgan fingerprint density at radius 3 is 2.52 bits per heavy atom. The Hall–Kier alpha value is -1.81. The lowest BCUT2D eigenvalue weighted by Gasteiger charge is -2.40. The van der Waals surface area contributed by atoms with Crippen LogP contribution in [0.3, 0.4) is 0 Å². The molecule has 3 rings (SSSR count). The van der Waals surface area contributed by atoms with Gasteiger partial charge in [-0.2, -0.15) is 0 Å². The first-order valence-corrected chi connectivity index (χ1v) is 7.57. The molecule has 1 aromatic carbocycles. The normalized spacial score (nSPS) is 18.1. The summed E-state index contributed by atoms with van der Waals surface area (Å²) in [5.74, 6) is 0. The van der Waals surface area contributed by atoms with Crippen LogP contribution in [-0.2, 0) is 7.05 Å². The molecule has 0 radical (unpaired) electrons. The molecule has 0 aliphatic carbocycles. The van der Waals surface area contributed by atoms with Crippen molar-refractivity contribution < 1.29 is 0 Å². The number of anilines is 1. The number of para-hydroxylation sites is 1. The lowest BCUT2D eigenvalue weighted by atomic mass is 9.89. The van der Waals surface area contributed by atoms with Crippen LogP contribution in [0.15, 0.2) is 35.1 Å². The molecule has 21 heavy (non-hydrogen) atoms. The summed E-state index contributed by atoms with van der Waals surface area (Å²) in [4.78, 5) is 14.6. The monoisotopic (exact) mass is 285 g/mol. The van der Waals surface area contributed by atoms with Gasteiger partial charge in [-0.15, -0.1) is 0 Å². The van der Waals surface area contributed by atoms with Crippen molar-refractivity contribution in [3.8, 4) is 0 Å². The van der Waals surface area contributed by atoms with Crippen molar-refractivity contribution >= 4 is 16.6 Å². The van der Waals surface area contributed by atoms with Gasteiger partial charge < -0.3 is 14.8 Å². The van der Waals surface area contributed by atoms with Gasteiger partial charge in [-0.05, 0) is 32.9 Å². The fraction of sp³-hybridized carbons (Fsp3) is 0.471. The fourth-order valence-electron chi connectivity index (χ4n) is 3.15. The van der Waals surface area contributed by atoms with Gasteiger partial charge in [0, 0.05) is 37.1 Å². The lowest BCUT2D eigenvalue weighted by molar-refractivity contribution is 0.305. The number of nitrogens with zero attached hydrogens (tertiary/aromatic N) is 2. The highest BCUT2D eigenvalue weighted by molar-refractivity contribution is 5.91. The van der Waals surface area contributed by atoms with Crippen molar-refractivity contribution in [2.45, 2.75) is 25.3 Å². The molecule has 2 aromatic rings. The number of hydrogen-bond acceptors (Lipinski definition) is 3. The molecule has 4 nitrogen and oxygen atoms in total. The van der Waals surface area contributed by atoms with Gasteiger partial charge in [0.05, 0.1) is 11.2 Å². The van der Waals surface area contributed by atoms with Crippen molar-refractivity contribution in [2.24, 2.45) is 7.05 Å². The topological polar surface area (TPSA) is 37.3 Å². The Labute approximate surface area is 125 Å². The molecule has 0 unspecified atom stereocenters. The third-order valence-electron chi connectivity index (χ3n) is 4.94.